The van der Waals surface area contributed by atoms with Crippen molar-refractivity contribution in [3.05, 3.63) is 0 Å². The molecule has 0 bridgehead atoms. The highest BCUT2D eigenvalue weighted by molar-refractivity contribution is 5.78. The zero-order valence-corrected chi connectivity index (χ0v) is 21.8. The van der Waals surface area contributed by atoms with E-state index in [0.29, 0.717) is 78.7 Å². The van der Waals surface area contributed by atoms with E-state index < -0.39 is 6.17 Å². The van der Waals surface area contributed by atoms with E-state index in [9.17, 15) is 9.18 Å². The molecule has 1 amide bonds. The third kappa shape index (κ3) is 22.9. The van der Waals surface area contributed by atoms with Crippen LogP contribution in [-0.2, 0) is 33.2 Å². The maximum atomic E-state index is 13.7. The van der Waals surface area contributed by atoms with Crippen molar-refractivity contribution in [2.45, 2.75) is 52.8 Å². The van der Waals surface area contributed by atoms with Gasteiger partial charge in [-0.15, -0.1) is 0 Å². The van der Waals surface area contributed by atoms with Crippen molar-refractivity contribution >= 4 is 5.91 Å². The minimum absolute atomic E-state index is 0.0307. The topological polar surface area (TPSA) is 96.5 Å². The first-order chi connectivity index (χ1) is 16.5. The SMILES string of the molecule is CCC(C)NCCOCCOCCOCCOCCOCCOCC(F)CNC(=O)C(C)CC. The third-order valence-electron chi connectivity index (χ3n) is 5.07. The Bertz CT molecular complexity index is 450. The Balaban J connectivity index is 3.19. The molecule has 0 spiro atoms. The average Bonchev–Trinajstić information content (AvgIpc) is 2.85. The van der Waals surface area contributed by atoms with Gasteiger partial charge in [-0.3, -0.25) is 4.79 Å². The maximum absolute atomic E-state index is 13.7. The second-order valence-electron chi connectivity index (χ2n) is 8.05. The molecule has 3 atom stereocenters. The van der Waals surface area contributed by atoms with E-state index in [1.807, 2.05) is 13.8 Å². The van der Waals surface area contributed by atoms with Gasteiger partial charge in [-0.25, -0.2) is 4.39 Å². The summed E-state index contributed by atoms with van der Waals surface area (Å²) in [6.07, 6.45) is 0.622. The fraction of sp³-hybridized carbons (Fsp3) is 0.958. The second-order valence-corrected chi connectivity index (χ2v) is 8.05. The normalized spacial score (nSPS) is 14.1. The molecule has 3 unspecified atom stereocenters. The highest BCUT2D eigenvalue weighted by Crippen LogP contribution is 2.00. The molecule has 0 saturated heterocycles. The quantitative estimate of drug-likeness (QED) is 0.176. The third-order valence-corrected chi connectivity index (χ3v) is 5.07. The molecule has 0 fully saturated rings. The zero-order chi connectivity index (χ0) is 25.3. The second kappa shape index (κ2) is 25.2. The van der Waals surface area contributed by atoms with Crippen LogP contribution in [0.25, 0.3) is 0 Å². The summed E-state index contributed by atoms with van der Waals surface area (Å²) in [4.78, 5) is 11.6. The molecular formula is C24H49FN2O7. The van der Waals surface area contributed by atoms with Crippen molar-refractivity contribution in [3.8, 4) is 0 Å². The standard InChI is InChI=1S/C24H49FN2O7/c1-5-21(3)24(28)27-19-23(25)20-34-18-17-33-16-15-32-14-13-31-12-11-30-10-9-29-8-7-26-22(4)6-2/h21-23,26H,5-20H2,1-4H3,(H,27,28). The number of amides is 1. The van der Waals surface area contributed by atoms with Crippen LogP contribution in [0, 0.1) is 5.92 Å². The first-order valence-corrected chi connectivity index (χ1v) is 12.6. The van der Waals surface area contributed by atoms with Crippen LogP contribution >= 0.6 is 0 Å². The molecule has 0 radical (unpaired) electrons. The summed E-state index contributed by atoms with van der Waals surface area (Å²) < 4.78 is 46.0. The molecule has 34 heavy (non-hydrogen) atoms. The van der Waals surface area contributed by atoms with E-state index in [1.165, 1.54) is 0 Å². The smallest absolute Gasteiger partial charge is 0.222 e. The van der Waals surface area contributed by atoms with Gasteiger partial charge >= 0.3 is 0 Å². The fourth-order valence-corrected chi connectivity index (χ4v) is 2.46. The minimum Gasteiger partial charge on any atom is -0.378 e. The predicted octanol–water partition coefficient (Wildman–Crippen LogP) is 1.97. The predicted molar refractivity (Wildman–Crippen MR) is 130 cm³/mol. The molecule has 0 rings (SSSR count). The number of rotatable bonds is 26. The van der Waals surface area contributed by atoms with Gasteiger partial charge in [0.05, 0.1) is 85.8 Å². The lowest BCUT2D eigenvalue weighted by atomic mass is 10.1. The molecule has 0 aliphatic rings. The van der Waals surface area contributed by atoms with Crippen LogP contribution in [0.15, 0.2) is 0 Å². The van der Waals surface area contributed by atoms with E-state index in [1.54, 1.807) is 0 Å². The van der Waals surface area contributed by atoms with Crippen molar-refractivity contribution in [1.82, 2.24) is 10.6 Å². The Kier molecular flexibility index (Phi) is 24.6. The Morgan fingerprint density at radius 2 is 1.15 bits per heavy atom. The van der Waals surface area contributed by atoms with Crippen LogP contribution in [0.3, 0.4) is 0 Å². The Morgan fingerprint density at radius 1 is 0.706 bits per heavy atom. The van der Waals surface area contributed by atoms with Crippen molar-refractivity contribution in [2.75, 3.05) is 92.4 Å². The van der Waals surface area contributed by atoms with Gasteiger partial charge in [0, 0.05) is 18.5 Å². The van der Waals surface area contributed by atoms with E-state index in [0.717, 1.165) is 19.4 Å². The molecule has 0 aromatic rings. The maximum Gasteiger partial charge on any atom is 0.222 e. The molecule has 0 saturated carbocycles. The number of halogens is 1. The van der Waals surface area contributed by atoms with Crippen LogP contribution in [0.4, 0.5) is 4.39 Å². The highest BCUT2D eigenvalue weighted by Gasteiger charge is 2.13. The molecule has 204 valence electrons. The highest BCUT2D eigenvalue weighted by atomic mass is 19.1. The number of carbonyl (C=O) groups excluding carboxylic acids is 1. The van der Waals surface area contributed by atoms with Crippen molar-refractivity contribution in [1.29, 1.82) is 0 Å². The molecule has 0 aliphatic heterocycles. The number of hydrogen-bond donors (Lipinski definition) is 2. The van der Waals surface area contributed by atoms with Crippen LogP contribution in [0.1, 0.15) is 40.5 Å². The molecule has 0 aromatic carbocycles. The Morgan fingerprint density at radius 3 is 1.59 bits per heavy atom. The summed E-state index contributed by atoms with van der Waals surface area (Å²) in [5, 5.41) is 5.95. The molecule has 0 aromatic heterocycles. The van der Waals surface area contributed by atoms with Gasteiger partial charge < -0.3 is 39.1 Å². The van der Waals surface area contributed by atoms with Gasteiger partial charge in [0.1, 0.15) is 6.17 Å². The average molecular weight is 497 g/mol. The first-order valence-electron chi connectivity index (χ1n) is 12.6. The van der Waals surface area contributed by atoms with Gasteiger partial charge in [-0.1, -0.05) is 20.8 Å². The minimum atomic E-state index is -1.23. The Labute approximate surface area is 205 Å². The lowest BCUT2D eigenvalue weighted by molar-refractivity contribution is -0.124. The number of carbonyl (C=O) groups is 1. The fourth-order valence-electron chi connectivity index (χ4n) is 2.46. The van der Waals surface area contributed by atoms with Gasteiger partial charge in [-0.05, 0) is 19.8 Å². The van der Waals surface area contributed by atoms with Gasteiger partial charge in [0.15, 0.2) is 0 Å². The van der Waals surface area contributed by atoms with Crippen LogP contribution in [0.5, 0.6) is 0 Å². The van der Waals surface area contributed by atoms with Gasteiger partial charge in [0.2, 0.25) is 5.91 Å². The molecule has 0 heterocycles. The Hall–Kier alpha value is -0.880. The molecular weight excluding hydrogens is 447 g/mol. The van der Waals surface area contributed by atoms with Crippen LogP contribution in [-0.4, -0.2) is 110 Å². The number of alkyl halides is 1. The summed E-state index contributed by atoms with van der Waals surface area (Å²) >= 11 is 0. The first kappa shape index (κ1) is 33.1. The van der Waals surface area contributed by atoms with Crippen molar-refractivity contribution in [3.63, 3.8) is 0 Å². The summed E-state index contributed by atoms with van der Waals surface area (Å²) in [6.45, 7) is 14.2. The molecule has 0 aliphatic carbocycles. The summed E-state index contributed by atoms with van der Waals surface area (Å²) in [7, 11) is 0. The van der Waals surface area contributed by atoms with Crippen LogP contribution < -0.4 is 10.6 Å². The molecule has 2 N–H and O–H groups in total. The number of hydrogen-bond acceptors (Lipinski definition) is 8. The van der Waals surface area contributed by atoms with Gasteiger partial charge in [-0.2, -0.15) is 0 Å². The summed E-state index contributed by atoms with van der Waals surface area (Å²) in [5.74, 6) is -0.235. The van der Waals surface area contributed by atoms with E-state index in [-0.39, 0.29) is 25.0 Å². The van der Waals surface area contributed by atoms with E-state index in [2.05, 4.69) is 24.5 Å². The van der Waals surface area contributed by atoms with E-state index >= 15 is 0 Å². The summed E-state index contributed by atoms with van der Waals surface area (Å²) in [5.41, 5.74) is 0. The number of nitrogens with one attached hydrogen (secondary N) is 2. The lowest BCUT2D eigenvalue weighted by Crippen LogP contribution is -2.35. The van der Waals surface area contributed by atoms with Crippen molar-refractivity contribution in [2.24, 2.45) is 5.92 Å². The zero-order valence-electron chi connectivity index (χ0n) is 21.8. The molecule has 9 nitrogen and oxygen atoms in total. The van der Waals surface area contributed by atoms with E-state index in [4.69, 9.17) is 28.4 Å². The van der Waals surface area contributed by atoms with Crippen LogP contribution in [0.2, 0.25) is 0 Å². The lowest BCUT2D eigenvalue weighted by Gasteiger charge is -2.13. The summed E-state index contributed by atoms with van der Waals surface area (Å²) in [6, 6.07) is 0.525. The number of ether oxygens (including phenoxy) is 6. The monoisotopic (exact) mass is 496 g/mol. The largest absolute Gasteiger partial charge is 0.378 e. The van der Waals surface area contributed by atoms with Gasteiger partial charge in [0.25, 0.3) is 0 Å². The molecule has 10 heteroatoms. The van der Waals surface area contributed by atoms with Crippen molar-refractivity contribution < 1.29 is 37.6 Å².